The van der Waals surface area contributed by atoms with Gasteiger partial charge in [0.15, 0.2) is 0 Å². The second-order valence-corrected chi connectivity index (χ2v) is 3.95. The van der Waals surface area contributed by atoms with Crippen LogP contribution in [0.15, 0.2) is 65.1 Å². The van der Waals surface area contributed by atoms with Gasteiger partial charge in [0.25, 0.3) is 0 Å². The fourth-order valence-corrected chi connectivity index (χ4v) is 1.84. The third-order valence-corrected chi connectivity index (χ3v) is 2.74. The van der Waals surface area contributed by atoms with Crippen LogP contribution in [-0.2, 0) is 0 Å². The Morgan fingerprint density at radius 2 is 1.81 bits per heavy atom. The summed E-state index contributed by atoms with van der Waals surface area (Å²) >= 11 is 0. The second kappa shape index (κ2) is 3.49. The van der Waals surface area contributed by atoms with Crippen molar-refractivity contribution in [3.05, 3.63) is 70.7 Å². The molecule has 16 heavy (non-hydrogen) atoms. The van der Waals surface area contributed by atoms with Crippen molar-refractivity contribution < 1.29 is 0 Å². The van der Waals surface area contributed by atoms with Crippen LogP contribution in [0.4, 0.5) is 0 Å². The molecule has 2 aliphatic rings. The summed E-state index contributed by atoms with van der Waals surface area (Å²) in [4.78, 5) is 6.62. The van der Waals surface area contributed by atoms with Gasteiger partial charge in [-0.3, -0.25) is 0 Å². The largest absolute Gasteiger partial charge is 0.357 e. The smallest absolute Gasteiger partial charge is 0.0717 e. The van der Waals surface area contributed by atoms with E-state index in [0.29, 0.717) is 0 Å². The fraction of sp³-hybridized carbons (Fsp3) is 0.0714. The number of nitrogens with zero attached hydrogens (tertiary/aromatic N) is 2. The van der Waals surface area contributed by atoms with Crippen molar-refractivity contribution in [2.75, 3.05) is 7.05 Å². The van der Waals surface area contributed by atoms with Gasteiger partial charge in [-0.25, -0.2) is 4.99 Å². The van der Waals surface area contributed by atoms with E-state index in [0.717, 1.165) is 16.6 Å². The average Bonchev–Trinajstić information content (AvgIpc) is 2.73. The topological polar surface area (TPSA) is 15.6 Å². The minimum Gasteiger partial charge on any atom is -0.357 e. The highest BCUT2D eigenvalue weighted by molar-refractivity contribution is 5.57. The first-order chi connectivity index (χ1) is 7.83. The summed E-state index contributed by atoms with van der Waals surface area (Å²) in [6, 6.07) is 8.19. The number of hydrogen-bond acceptors (Lipinski definition) is 2. The first-order valence-corrected chi connectivity index (χ1v) is 5.31. The third-order valence-electron chi connectivity index (χ3n) is 2.74. The van der Waals surface area contributed by atoms with Crippen molar-refractivity contribution in [1.29, 1.82) is 0 Å². The zero-order chi connectivity index (χ0) is 11.0. The van der Waals surface area contributed by atoms with Gasteiger partial charge < -0.3 is 4.90 Å². The third kappa shape index (κ3) is 1.48. The molecule has 0 amide bonds. The van der Waals surface area contributed by atoms with Crippen LogP contribution < -0.4 is 10.6 Å². The molecule has 0 unspecified atom stereocenters. The van der Waals surface area contributed by atoms with E-state index >= 15 is 0 Å². The molecular formula is C14H12N2. The molecule has 1 aromatic rings. The molecule has 0 saturated heterocycles. The first-order valence-electron chi connectivity index (χ1n) is 5.31. The van der Waals surface area contributed by atoms with E-state index in [-0.39, 0.29) is 0 Å². The molecule has 78 valence electrons. The maximum Gasteiger partial charge on any atom is 0.0717 e. The second-order valence-electron chi connectivity index (χ2n) is 3.95. The molecule has 3 rings (SSSR count). The van der Waals surface area contributed by atoms with Gasteiger partial charge in [0.05, 0.1) is 11.1 Å². The van der Waals surface area contributed by atoms with Gasteiger partial charge in [-0.1, -0.05) is 18.2 Å². The summed E-state index contributed by atoms with van der Waals surface area (Å²) in [5.74, 6) is 0. The van der Waals surface area contributed by atoms with Crippen molar-refractivity contribution >= 4 is 6.08 Å². The van der Waals surface area contributed by atoms with E-state index in [2.05, 4.69) is 29.3 Å². The molecule has 0 saturated carbocycles. The first kappa shape index (κ1) is 9.16. The van der Waals surface area contributed by atoms with Crippen LogP contribution in [0.2, 0.25) is 0 Å². The molecule has 0 spiro atoms. The van der Waals surface area contributed by atoms with E-state index in [1.807, 2.05) is 42.5 Å². The van der Waals surface area contributed by atoms with Crippen molar-refractivity contribution in [3.8, 4) is 0 Å². The summed E-state index contributed by atoms with van der Waals surface area (Å²) in [6.07, 6.45) is 10.4. The minimum absolute atomic E-state index is 1.04. The lowest BCUT2D eigenvalue weighted by atomic mass is 10.1. The fourth-order valence-electron chi connectivity index (χ4n) is 1.84. The van der Waals surface area contributed by atoms with Gasteiger partial charge in [-0.2, -0.15) is 0 Å². The molecule has 2 heterocycles. The van der Waals surface area contributed by atoms with Gasteiger partial charge in [0.1, 0.15) is 0 Å². The molecule has 1 aromatic carbocycles. The van der Waals surface area contributed by atoms with Gasteiger partial charge in [-0.15, -0.1) is 0 Å². The molecule has 0 aliphatic carbocycles. The Hall–Kier alpha value is -2.09. The Morgan fingerprint density at radius 3 is 2.56 bits per heavy atom. The Morgan fingerprint density at radius 1 is 1.06 bits per heavy atom. The van der Waals surface area contributed by atoms with Gasteiger partial charge in [0.2, 0.25) is 0 Å². The number of benzene rings is 1. The molecule has 0 bridgehead atoms. The zero-order valence-electron chi connectivity index (χ0n) is 9.09. The number of rotatable bonds is 0. The Kier molecular flexibility index (Phi) is 2.00. The summed E-state index contributed by atoms with van der Waals surface area (Å²) in [5.41, 5.74) is 2.20. The lowest BCUT2D eigenvalue weighted by Crippen LogP contribution is -2.19. The number of allylic oxidation sites excluding steroid dienone is 4. The molecule has 0 N–H and O–H groups in total. The molecule has 0 atom stereocenters. The minimum atomic E-state index is 1.04. The lowest BCUT2D eigenvalue weighted by Gasteiger charge is -2.12. The maximum absolute atomic E-state index is 4.60. The van der Waals surface area contributed by atoms with Crippen LogP contribution >= 0.6 is 0 Å². The monoisotopic (exact) mass is 208 g/mol. The molecule has 2 nitrogen and oxygen atoms in total. The lowest BCUT2D eigenvalue weighted by molar-refractivity contribution is 0.619. The predicted octanol–water partition coefficient (Wildman–Crippen LogP) is 1.33. The Bertz CT molecular complexity index is 580. The molecule has 2 aliphatic heterocycles. The van der Waals surface area contributed by atoms with Crippen molar-refractivity contribution in [1.82, 2.24) is 4.90 Å². The van der Waals surface area contributed by atoms with Crippen LogP contribution in [0.3, 0.4) is 0 Å². The van der Waals surface area contributed by atoms with Crippen LogP contribution in [0.1, 0.15) is 0 Å². The quantitative estimate of drug-likeness (QED) is 0.628. The highest BCUT2D eigenvalue weighted by Gasteiger charge is 2.05. The van der Waals surface area contributed by atoms with Crippen LogP contribution in [0.5, 0.6) is 0 Å². The summed E-state index contributed by atoms with van der Waals surface area (Å²) in [5, 5.41) is 2.26. The molecule has 0 fully saturated rings. The highest BCUT2D eigenvalue weighted by atomic mass is 15.0. The summed E-state index contributed by atoms with van der Waals surface area (Å²) < 4.78 is 0. The number of hydrogen-bond donors (Lipinski definition) is 0. The SMILES string of the molecule is CN1C=CC(=C2C=c3ccccc3=N2)C=C1. The van der Waals surface area contributed by atoms with Gasteiger partial charge in [-0.05, 0) is 24.3 Å². The number of fused-ring (bicyclic) bond motifs is 1. The summed E-state index contributed by atoms with van der Waals surface area (Å²) in [6.45, 7) is 0. The van der Waals surface area contributed by atoms with E-state index in [9.17, 15) is 0 Å². The van der Waals surface area contributed by atoms with Crippen LogP contribution in [-0.4, -0.2) is 11.9 Å². The van der Waals surface area contributed by atoms with E-state index < -0.39 is 0 Å². The normalized spacial score (nSPS) is 17.2. The van der Waals surface area contributed by atoms with E-state index in [1.54, 1.807) is 0 Å². The summed E-state index contributed by atoms with van der Waals surface area (Å²) in [7, 11) is 2.01. The van der Waals surface area contributed by atoms with Crippen molar-refractivity contribution in [3.63, 3.8) is 0 Å². The van der Waals surface area contributed by atoms with Crippen molar-refractivity contribution in [2.24, 2.45) is 4.99 Å². The van der Waals surface area contributed by atoms with E-state index in [4.69, 9.17) is 0 Å². The Labute approximate surface area is 94.2 Å². The van der Waals surface area contributed by atoms with E-state index in [1.165, 1.54) is 5.22 Å². The van der Waals surface area contributed by atoms with Gasteiger partial charge in [0, 0.05) is 30.2 Å². The maximum atomic E-state index is 4.60. The molecular weight excluding hydrogens is 196 g/mol. The average molecular weight is 208 g/mol. The highest BCUT2D eigenvalue weighted by Crippen LogP contribution is 2.16. The zero-order valence-corrected chi connectivity index (χ0v) is 9.09. The van der Waals surface area contributed by atoms with Crippen LogP contribution in [0.25, 0.3) is 6.08 Å². The molecule has 0 radical (unpaired) electrons. The van der Waals surface area contributed by atoms with Crippen LogP contribution in [0, 0.1) is 0 Å². The van der Waals surface area contributed by atoms with Gasteiger partial charge >= 0.3 is 0 Å². The number of para-hydroxylation sites is 1. The molecule has 0 aromatic heterocycles. The molecule has 2 heteroatoms. The standard InChI is InChI=1S/C14H12N2/c1-16-8-6-11(7-9-16)14-10-12-4-2-3-5-13(12)15-14/h2-10H,1H3. The van der Waals surface area contributed by atoms with Crippen molar-refractivity contribution in [2.45, 2.75) is 0 Å². The predicted molar refractivity (Wildman–Crippen MR) is 64.8 cm³/mol. The Balaban J connectivity index is 2.14.